The second kappa shape index (κ2) is 5.96. The minimum atomic E-state index is -1.64. The van der Waals surface area contributed by atoms with E-state index in [2.05, 4.69) is 0 Å². The molecule has 0 aliphatic heterocycles. The van der Waals surface area contributed by atoms with Gasteiger partial charge in [-0.25, -0.2) is 0 Å². The normalized spacial score (nSPS) is 51.9. The first kappa shape index (κ1) is 19.2. The van der Waals surface area contributed by atoms with Crippen molar-refractivity contribution in [3.63, 3.8) is 0 Å². The molecule has 0 heterocycles. The molecule has 27 heavy (non-hydrogen) atoms. The molecule has 0 aromatic carbocycles. The number of ketones is 2. The summed E-state index contributed by atoms with van der Waals surface area (Å²) in [7, 11) is 0. The summed E-state index contributed by atoms with van der Waals surface area (Å²) in [6.45, 7) is 3.18. The van der Waals surface area contributed by atoms with E-state index in [1.807, 2.05) is 13.8 Å². The minimum absolute atomic E-state index is 0.0166. The summed E-state index contributed by atoms with van der Waals surface area (Å²) >= 11 is 0. The zero-order chi connectivity index (χ0) is 19.8. The van der Waals surface area contributed by atoms with E-state index in [-0.39, 0.29) is 36.4 Å². The van der Waals surface area contributed by atoms with Crippen LogP contribution in [0.15, 0.2) is 11.6 Å². The fourth-order valence-corrected chi connectivity index (χ4v) is 7.33. The highest BCUT2D eigenvalue weighted by atomic mass is 16.3. The van der Waals surface area contributed by atoms with E-state index in [4.69, 9.17) is 0 Å². The van der Waals surface area contributed by atoms with Crippen molar-refractivity contribution in [3.8, 4) is 0 Å². The molecular weight excluding hydrogens is 348 g/mol. The Kier molecular flexibility index (Phi) is 4.25. The molecule has 4 rings (SSSR count). The molecule has 6 nitrogen and oxygen atoms in total. The van der Waals surface area contributed by atoms with Gasteiger partial charge in [0, 0.05) is 11.8 Å². The number of aliphatic hydroxyl groups excluding tert-OH is 3. The van der Waals surface area contributed by atoms with Crippen molar-refractivity contribution in [2.45, 2.75) is 70.2 Å². The molecule has 0 bridgehead atoms. The third-order valence-corrected chi connectivity index (χ3v) is 8.67. The van der Waals surface area contributed by atoms with Crippen LogP contribution in [0.25, 0.3) is 0 Å². The molecule has 150 valence electrons. The van der Waals surface area contributed by atoms with Gasteiger partial charge < -0.3 is 20.4 Å². The van der Waals surface area contributed by atoms with E-state index < -0.39 is 41.0 Å². The zero-order valence-corrected chi connectivity index (χ0v) is 16.0. The van der Waals surface area contributed by atoms with Gasteiger partial charge in [-0.05, 0) is 66.9 Å². The van der Waals surface area contributed by atoms with E-state index in [0.29, 0.717) is 25.7 Å². The maximum atomic E-state index is 12.4. The molecule has 4 aliphatic carbocycles. The highest BCUT2D eigenvalue weighted by Gasteiger charge is 2.68. The Morgan fingerprint density at radius 3 is 2.63 bits per heavy atom. The first-order valence-corrected chi connectivity index (χ1v) is 10.1. The fraction of sp³-hybridized carbons (Fsp3) is 0.810. The van der Waals surface area contributed by atoms with Gasteiger partial charge >= 0.3 is 0 Å². The number of carbonyl (C=O) groups excluding carboxylic acids is 2. The van der Waals surface area contributed by atoms with Crippen LogP contribution in [-0.2, 0) is 9.59 Å². The van der Waals surface area contributed by atoms with E-state index in [1.165, 1.54) is 0 Å². The predicted molar refractivity (Wildman–Crippen MR) is 96.5 cm³/mol. The second-order valence-electron chi connectivity index (χ2n) is 9.70. The first-order valence-electron chi connectivity index (χ1n) is 10.1. The van der Waals surface area contributed by atoms with Gasteiger partial charge in [0.2, 0.25) is 0 Å². The van der Waals surface area contributed by atoms with Gasteiger partial charge in [0.25, 0.3) is 0 Å². The number of carbonyl (C=O) groups is 2. The summed E-state index contributed by atoms with van der Waals surface area (Å²) in [6.07, 6.45) is 2.75. The molecule has 8 atom stereocenters. The molecule has 6 heteroatoms. The van der Waals surface area contributed by atoms with Crippen molar-refractivity contribution in [1.82, 2.24) is 0 Å². The second-order valence-corrected chi connectivity index (χ2v) is 9.70. The Bertz CT molecular complexity index is 715. The third kappa shape index (κ3) is 2.33. The molecule has 4 aliphatic rings. The van der Waals surface area contributed by atoms with Crippen molar-refractivity contribution in [2.75, 3.05) is 6.61 Å². The average Bonchev–Trinajstić information content (AvgIpc) is 2.87. The van der Waals surface area contributed by atoms with Crippen LogP contribution >= 0.6 is 0 Å². The van der Waals surface area contributed by atoms with Crippen molar-refractivity contribution in [3.05, 3.63) is 11.6 Å². The molecular formula is C21H30O6. The fourth-order valence-electron chi connectivity index (χ4n) is 7.33. The molecule has 0 aromatic heterocycles. The summed E-state index contributed by atoms with van der Waals surface area (Å²) in [5.74, 6) is -0.713. The van der Waals surface area contributed by atoms with E-state index >= 15 is 0 Å². The Hall–Kier alpha value is -1.08. The monoisotopic (exact) mass is 378 g/mol. The molecule has 0 spiro atoms. The van der Waals surface area contributed by atoms with Gasteiger partial charge in [-0.3, -0.25) is 9.59 Å². The molecule has 3 fully saturated rings. The number of hydrogen-bond acceptors (Lipinski definition) is 6. The molecule has 0 amide bonds. The van der Waals surface area contributed by atoms with Crippen LogP contribution in [0.4, 0.5) is 0 Å². The van der Waals surface area contributed by atoms with Gasteiger partial charge in [-0.1, -0.05) is 13.8 Å². The molecule has 0 radical (unpaired) electrons. The smallest absolute Gasteiger partial charge is 0.190 e. The molecule has 3 unspecified atom stereocenters. The minimum Gasteiger partial charge on any atom is -0.393 e. The number of fused-ring (bicyclic) bond motifs is 5. The van der Waals surface area contributed by atoms with Crippen LogP contribution in [0, 0.1) is 28.6 Å². The van der Waals surface area contributed by atoms with Crippen LogP contribution in [0.2, 0.25) is 0 Å². The predicted octanol–water partition coefficient (Wildman–Crippen LogP) is 0.752. The number of hydrogen-bond donors (Lipinski definition) is 4. The Morgan fingerprint density at radius 1 is 1.26 bits per heavy atom. The largest absolute Gasteiger partial charge is 0.393 e. The molecule has 4 N–H and O–H groups in total. The third-order valence-electron chi connectivity index (χ3n) is 8.67. The van der Waals surface area contributed by atoms with Crippen LogP contribution in [0.5, 0.6) is 0 Å². The Balaban J connectivity index is 1.77. The Labute approximate surface area is 159 Å². The summed E-state index contributed by atoms with van der Waals surface area (Å²) in [5, 5.41) is 42.6. The molecule has 0 saturated heterocycles. The average molecular weight is 378 g/mol. The van der Waals surface area contributed by atoms with E-state index in [9.17, 15) is 30.0 Å². The van der Waals surface area contributed by atoms with Crippen molar-refractivity contribution in [2.24, 2.45) is 28.6 Å². The van der Waals surface area contributed by atoms with Gasteiger partial charge in [0.1, 0.15) is 12.2 Å². The van der Waals surface area contributed by atoms with Gasteiger partial charge in [0.05, 0.1) is 12.2 Å². The molecule has 0 aromatic rings. The SMILES string of the molecule is C[C@]12CCC(=O)C=C1[C@H](O)CC1C2[C@@H](O)C[C@@]2(C)C1CC[C@]2(O)C(=O)CO. The lowest BCUT2D eigenvalue weighted by Gasteiger charge is -2.61. The number of rotatable bonds is 2. The highest BCUT2D eigenvalue weighted by molar-refractivity contribution is 5.92. The van der Waals surface area contributed by atoms with E-state index in [0.717, 1.165) is 5.57 Å². The van der Waals surface area contributed by atoms with Crippen molar-refractivity contribution in [1.29, 1.82) is 0 Å². The molecule has 3 saturated carbocycles. The maximum absolute atomic E-state index is 12.4. The van der Waals surface area contributed by atoms with Crippen LogP contribution in [-0.4, -0.2) is 56.4 Å². The summed E-state index contributed by atoms with van der Waals surface area (Å²) in [6, 6.07) is 0. The lowest BCUT2D eigenvalue weighted by Crippen LogP contribution is -2.63. The lowest BCUT2D eigenvalue weighted by atomic mass is 9.45. The number of Topliss-reactive ketones (excluding diaryl/α,β-unsaturated/α-hetero) is 1. The highest BCUT2D eigenvalue weighted by Crippen LogP contribution is 2.67. The van der Waals surface area contributed by atoms with Crippen LogP contribution < -0.4 is 0 Å². The number of aliphatic hydroxyl groups is 4. The summed E-state index contributed by atoms with van der Waals surface area (Å²) in [5.41, 5.74) is -2.17. The summed E-state index contributed by atoms with van der Waals surface area (Å²) < 4.78 is 0. The van der Waals surface area contributed by atoms with Gasteiger partial charge in [0.15, 0.2) is 11.6 Å². The lowest BCUT2D eigenvalue weighted by molar-refractivity contribution is -0.187. The maximum Gasteiger partial charge on any atom is 0.190 e. The standard InChI is InChI=1S/C21H30O6/c1-19-5-3-11(23)7-14(19)15(24)8-12-13-4-6-21(27,17(26)10-22)20(13,2)9-16(25)18(12)19/h7,12-13,15-16,18,22,24-25,27H,3-6,8-10H2,1-2H3/t12?,13?,15-,16+,18?,19+,20+,21+/m1/s1. The van der Waals surface area contributed by atoms with Crippen molar-refractivity contribution < 1.29 is 30.0 Å². The quantitative estimate of drug-likeness (QED) is 0.564. The van der Waals surface area contributed by atoms with Crippen LogP contribution in [0.1, 0.15) is 52.4 Å². The first-order chi connectivity index (χ1) is 12.6. The van der Waals surface area contributed by atoms with Gasteiger partial charge in [-0.2, -0.15) is 0 Å². The van der Waals surface area contributed by atoms with Crippen molar-refractivity contribution >= 4 is 11.6 Å². The topological polar surface area (TPSA) is 115 Å². The summed E-state index contributed by atoms with van der Waals surface area (Å²) in [4.78, 5) is 24.3. The zero-order valence-electron chi connectivity index (χ0n) is 16.0. The Morgan fingerprint density at radius 2 is 1.96 bits per heavy atom. The van der Waals surface area contributed by atoms with Gasteiger partial charge in [-0.15, -0.1) is 0 Å². The van der Waals surface area contributed by atoms with Crippen LogP contribution in [0.3, 0.4) is 0 Å². The van der Waals surface area contributed by atoms with E-state index in [1.54, 1.807) is 6.08 Å².